The first kappa shape index (κ1) is 13.8. The molecule has 2 rings (SSSR count). The molecule has 1 saturated heterocycles. The lowest BCUT2D eigenvalue weighted by Gasteiger charge is -2.38. The Labute approximate surface area is 109 Å². The van der Waals surface area contributed by atoms with E-state index in [4.69, 9.17) is 4.74 Å². The van der Waals surface area contributed by atoms with Crippen LogP contribution in [0.5, 0.6) is 0 Å². The molecule has 1 unspecified atom stereocenters. The number of nitrogens with zero attached hydrogens (tertiary/aromatic N) is 1. The maximum atomic E-state index is 12.6. The number of ether oxygens (including phenoxy) is 1. The Balaban J connectivity index is 2.05. The molecule has 0 aromatic carbocycles. The molecule has 2 aliphatic rings. The predicted octanol–water partition coefficient (Wildman–Crippen LogP) is 1.71. The quantitative estimate of drug-likeness (QED) is 0.832. The zero-order valence-corrected chi connectivity index (χ0v) is 11.4. The predicted molar refractivity (Wildman–Crippen MR) is 69.3 cm³/mol. The number of carbonyl (C=O) groups is 1. The lowest BCUT2D eigenvalue weighted by molar-refractivity contribution is -0.154. The summed E-state index contributed by atoms with van der Waals surface area (Å²) in [4.78, 5) is 14.5. The van der Waals surface area contributed by atoms with E-state index in [9.17, 15) is 9.90 Å². The Morgan fingerprint density at radius 2 is 2.06 bits per heavy atom. The molecule has 1 heterocycles. The largest absolute Gasteiger partial charge is 0.395 e. The van der Waals surface area contributed by atoms with E-state index >= 15 is 0 Å². The standard InChI is InChI=1S/C14H25NO3/c1-14(8-5-11-18-14)13(17)15(9-10-16)12-6-3-2-4-7-12/h12,16H,2-11H2,1H3. The van der Waals surface area contributed by atoms with E-state index in [1.54, 1.807) is 0 Å². The number of hydrogen-bond acceptors (Lipinski definition) is 3. The van der Waals surface area contributed by atoms with Crippen molar-refractivity contribution < 1.29 is 14.6 Å². The molecule has 1 saturated carbocycles. The minimum atomic E-state index is -0.646. The van der Waals surface area contributed by atoms with E-state index in [0.717, 1.165) is 25.7 Å². The van der Waals surface area contributed by atoms with Gasteiger partial charge in [0.25, 0.3) is 5.91 Å². The highest BCUT2D eigenvalue weighted by atomic mass is 16.5. The van der Waals surface area contributed by atoms with Gasteiger partial charge in [-0.3, -0.25) is 4.79 Å². The molecule has 1 aliphatic carbocycles. The van der Waals surface area contributed by atoms with Gasteiger partial charge in [0.1, 0.15) is 5.60 Å². The summed E-state index contributed by atoms with van der Waals surface area (Å²) in [6.07, 6.45) is 7.56. The van der Waals surface area contributed by atoms with Gasteiger partial charge in [0.05, 0.1) is 6.61 Å². The Morgan fingerprint density at radius 3 is 2.61 bits per heavy atom. The molecular weight excluding hydrogens is 230 g/mol. The van der Waals surface area contributed by atoms with Crippen LogP contribution in [0.1, 0.15) is 51.9 Å². The molecule has 0 aromatic rings. The second-order valence-electron chi connectivity index (χ2n) is 5.70. The maximum absolute atomic E-state index is 12.6. The second-order valence-corrected chi connectivity index (χ2v) is 5.70. The fraction of sp³-hybridized carbons (Fsp3) is 0.929. The first-order valence-corrected chi connectivity index (χ1v) is 7.23. The van der Waals surface area contributed by atoms with Crippen molar-refractivity contribution >= 4 is 5.91 Å². The first-order chi connectivity index (χ1) is 8.67. The Kier molecular flexibility index (Phi) is 4.62. The van der Waals surface area contributed by atoms with Crippen LogP contribution >= 0.6 is 0 Å². The van der Waals surface area contributed by atoms with Crippen LogP contribution in [0.25, 0.3) is 0 Å². The summed E-state index contributed by atoms with van der Waals surface area (Å²) in [5.74, 6) is 0.0842. The molecule has 1 atom stereocenters. The number of hydrogen-bond donors (Lipinski definition) is 1. The summed E-state index contributed by atoms with van der Waals surface area (Å²) >= 11 is 0. The third-order valence-electron chi connectivity index (χ3n) is 4.29. The highest BCUT2D eigenvalue weighted by molar-refractivity contribution is 5.85. The van der Waals surface area contributed by atoms with Crippen LogP contribution in [-0.2, 0) is 9.53 Å². The van der Waals surface area contributed by atoms with Gasteiger partial charge in [0.15, 0.2) is 0 Å². The van der Waals surface area contributed by atoms with Crippen molar-refractivity contribution in [1.82, 2.24) is 4.90 Å². The average Bonchev–Trinajstić information content (AvgIpc) is 2.84. The lowest BCUT2D eigenvalue weighted by atomic mass is 9.92. The minimum absolute atomic E-state index is 0.0400. The van der Waals surface area contributed by atoms with Crippen molar-refractivity contribution in [2.45, 2.75) is 63.5 Å². The summed E-state index contributed by atoms with van der Waals surface area (Å²) in [6, 6.07) is 0.305. The molecule has 4 nitrogen and oxygen atoms in total. The Morgan fingerprint density at radius 1 is 1.33 bits per heavy atom. The normalized spacial score (nSPS) is 29.4. The summed E-state index contributed by atoms with van der Waals surface area (Å²) < 4.78 is 5.65. The van der Waals surface area contributed by atoms with E-state index in [2.05, 4.69) is 0 Å². The van der Waals surface area contributed by atoms with Gasteiger partial charge < -0.3 is 14.7 Å². The molecule has 104 valence electrons. The molecular formula is C14H25NO3. The third-order valence-corrected chi connectivity index (χ3v) is 4.29. The molecule has 1 amide bonds. The number of carbonyl (C=O) groups excluding carboxylic acids is 1. The highest BCUT2D eigenvalue weighted by Crippen LogP contribution is 2.30. The average molecular weight is 255 g/mol. The minimum Gasteiger partial charge on any atom is -0.395 e. The molecule has 0 spiro atoms. The molecule has 1 N–H and O–H groups in total. The molecule has 0 aromatic heterocycles. The topological polar surface area (TPSA) is 49.8 Å². The monoisotopic (exact) mass is 255 g/mol. The molecule has 1 aliphatic heterocycles. The zero-order chi connectivity index (χ0) is 13.0. The van der Waals surface area contributed by atoms with E-state index in [1.165, 1.54) is 19.3 Å². The van der Waals surface area contributed by atoms with Gasteiger partial charge >= 0.3 is 0 Å². The summed E-state index contributed by atoms with van der Waals surface area (Å²) in [7, 11) is 0. The van der Waals surface area contributed by atoms with Gasteiger partial charge in [-0.2, -0.15) is 0 Å². The van der Waals surface area contributed by atoms with Crippen molar-refractivity contribution in [3.8, 4) is 0 Å². The van der Waals surface area contributed by atoms with E-state index in [0.29, 0.717) is 19.2 Å². The molecule has 4 heteroatoms. The van der Waals surface area contributed by atoms with Crippen molar-refractivity contribution in [3.63, 3.8) is 0 Å². The zero-order valence-electron chi connectivity index (χ0n) is 11.4. The van der Waals surface area contributed by atoms with Crippen LogP contribution in [0.3, 0.4) is 0 Å². The van der Waals surface area contributed by atoms with Crippen molar-refractivity contribution in [1.29, 1.82) is 0 Å². The number of amides is 1. The van der Waals surface area contributed by atoms with Gasteiger partial charge in [0, 0.05) is 19.2 Å². The van der Waals surface area contributed by atoms with Gasteiger partial charge in [-0.25, -0.2) is 0 Å². The van der Waals surface area contributed by atoms with Crippen LogP contribution < -0.4 is 0 Å². The van der Waals surface area contributed by atoms with E-state index in [-0.39, 0.29) is 12.5 Å². The van der Waals surface area contributed by atoms with Crippen LogP contribution in [-0.4, -0.2) is 47.3 Å². The third kappa shape index (κ3) is 2.86. The van der Waals surface area contributed by atoms with Crippen LogP contribution in [0, 0.1) is 0 Å². The molecule has 0 bridgehead atoms. The summed E-state index contributed by atoms with van der Waals surface area (Å²) in [5, 5.41) is 9.21. The van der Waals surface area contributed by atoms with Crippen molar-refractivity contribution in [2.75, 3.05) is 19.8 Å². The number of aliphatic hydroxyl groups is 1. The second kappa shape index (κ2) is 6.02. The highest BCUT2D eigenvalue weighted by Gasteiger charge is 2.42. The summed E-state index contributed by atoms with van der Waals surface area (Å²) in [6.45, 7) is 3.07. The van der Waals surface area contributed by atoms with Gasteiger partial charge in [-0.15, -0.1) is 0 Å². The SMILES string of the molecule is CC1(C(=O)N(CCO)C2CCCCC2)CCCO1. The summed E-state index contributed by atoms with van der Waals surface area (Å²) in [5.41, 5.74) is -0.646. The van der Waals surface area contributed by atoms with Gasteiger partial charge in [0.2, 0.25) is 0 Å². The fourth-order valence-corrected chi connectivity index (χ4v) is 3.20. The van der Waals surface area contributed by atoms with Gasteiger partial charge in [-0.1, -0.05) is 19.3 Å². The maximum Gasteiger partial charge on any atom is 0.254 e. The molecule has 18 heavy (non-hydrogen) atoms. The number of aliphatic hydroxyl groups excluding tert-OH is 1. The van der Waals surface area contributed by atoms with Gasteiger partial charge in [-0.05, 0) is 32.6 Å². The lowest BCUT2D eigenvalue weighted by Crippen LogP contribution is -2.52. The number of rotatable bonds is 4. The smallest absolute Gasteiger partial charge is 0.254 e. The van der Waals surface area contributed by atoms with Crippen molar-refractivity contribution in [2.24, 2.45) is 0 Å². The van der Waals surface area contributed by atoms with E-state index < -0.39 is 5.60 Å². The first-order valence-electron chi connectivity index (χ1n) is 7.23. The van der Waals surface area contributed by atoms with Crippen LogP contribution in [0.4, 0.5) is 0 Å². The fourth-order valence-electron chi connectivity index (χ4n) is 3.20. The van der Waals surface area contributed by atoms with E-state index in [1.807, 2.05) is 11.8 Å². The van der Waals surface area contributed by atoms with Crippen molar-refractivity contribution in [3.05, 3.63) is 0 Å². The molecule has 0 radical (unpaired) electrons. The molecule has 2 fully saturated rings. The Hall–Kier alpha value is -0.610. The van der Waals surface area contributed by atoms with Crippen LogP contribution in [0.2, 0.25) is 0 Å². The Bertz CT molecular complexity index is 281. The van der Waals surface area contributed by atoms with Crippen LogP contribution in [0.15, 0.2) is 0 Å².